The van der Waals surface area contributed by atoms with Crippen LogP contribution in [0.2, 0.25) is 0 Å². The molecule has 5 nitrogen and oxygen atoms in total. The van der Waals surface area contributed by atoms with Crippen LogP contribution in [-0.4, -0.2) is 37.8 Å². The van der Waals surface area contributed by atoms with Crippen LogP contribution in [0.15, 0.2) is 72.8 Å². The molecular formula is C31H32N2O3. The number of ether oxygens (including phenoxy) is 2. The molecule has 0 atom stereocenters. The van der Waals surface area contributed by atoms with Crippen molar-refractivity contribution >= 4 is 22.7 Å². The first-order chi connectivity index (χ1) is 17.6. The Labute approximate surface area is 212 Å². The van der Waals surface area contributed by atoms with Gasteiger partial charge >= 0.3 is 5.97 Å². The molecule has 0 aliphatic carbocycles. The number of fused-ring (bicyclic) bond motifs is 1. The summed E-state index contributed by atoms with van der Waals surface area (Å²) in [5.41, 5.74) is 6.69. The highest BCUT2D eigenvalue weighted by Crippen LogP contribution is 2.44. The summed E-state index contributed by atoms with van der Waals surface area (Å²) in [5.74, 6) is 1.64. The maximum absolute atomic E-state index is 12.2. The Morgan fingerprint density at radius 3 is 2.31 bits per heavy atom. The van der Waals surface area contributed by atoms with Crippen molar-refractivity contribution < 1.29 is 14.3 Å². The fourth-order valence-electron chi connectivity index (χ4n) is 5.15. The summed E-state index contributed by atoms with van der Waals surface area (Å²) in [6.45, 7) is 6.23. The Bertz CT molecular complexity index is 1360. The number of rotatable bonds is 6. The van der Waals surface area contributed by atoms with E-state index in [1.165, 1.54) is 18.2 Å². The third kappa shape index (κ3) is 4.66. The van der Waals surface area contributed by atoms with Crippen molar-refractivity contribution in [3.8, 4) is 28.0 Å². The van der Waals surface area contributed by atoms with Gasteiger partial charge in [0.1, 0.15) is 11.6 Å². The van der Waals surface area contributed by atoms with Gasteiger partial charge in [-0.15, -0.1) is 0 Å². The van der Waals surface area contributed by atoms with Crippen molar-refractivity contribution in [2.75, 3.05) is 31.7 Å². The number of aromatic nitrogens is 1. The number of piperidine rings is 1. The third-order valence-corrected chi connectivity index (χ3v) is 6.97. The van der Waals surface area contributed by atoms with E-state index in [0.717, 1.165) is 65.1 Å². The number of nitrogens with zero attached hydrogens (tertiary/aromatic N) is 2. The average molecular weight is 481 g/mol. The van der Waals surface area contributed by atoms with Gasteiger partial charge in [0, 0.05) is 29.6 Å². The van der Waals surface area contributed by atoms with Crippen LogP contribution >= 0.6 is 0 Å². The Hall–Kier alpha value is -3.86. The third-order valence-electron chi connectivity index (χ3n) is 6.97. The van der Waals surface area contributed by atoms with Gasteiger partial charge in [0.25, 0.3) is 0 Å². The summed E-state index contributed by atoms with van der Waals surface area (Å²) in [4.78, 5) is 19.7. The number of carbonyl (C=O) groups is 1. The summed E-state index contributed by atoms with van der Waals surface area (Å²) < 4.78 is 10.7. The van der Waals surface area contributed by atoms with Crippen LogP contribution in [0.25, 0.3) is 33.2 Å². The molecule has 0 N–H and O–H groups in total. The molecule has 0 spiro atoms. The summed E-state index contributed by atoms with van der Waals surface area (Å²) in [6.07, 6.45) is 1.51. The topological polar surface area (TPSA) is 51.7 Å². The van der Waals surface area contributed by atoms with Gasteiger partial charge in [-0.05, 0) is 61.6 Å². The number of methoxy groups -OCH3 is 1. The molecule has 5 rings (SSSR count). The van der Waals surface area contributed by atoms with E-state index < -0.39 is 0 Å². The van der Waals surface area contributed by atoms with Crippen LogP contribution in [0.1, 0.15) is 25.3 Å². The second-order valence-corrected chi connectivity index (χ2v) is 9.31. The molecule has 4 aromatic rings. The zero-order valence-electron chi connectivity index (χ0n) is 21.2. The van der Waals surface area contributed by atoms with Crippen LogP contribution in [-0.2, 0) is 9.53 Å². The predicted octanol–water partition coefficient (Wildman–Crippen LogP) is 6.67. The van der Waals surface area contributed by atoms with Crippen LogP contribution in [0, 0.1) is 12.8 Å². The van der Waals surface area contributed by atoms with Gasteiger partial charge in [0.05, 0.1) is 25.2 Å². The Kier molecular flexibility index (Phi) is 6.90. The zero-order chi connectivity index (χ0) is 25.1. The monoisotopic (exact) mass is 480 g/mol. The Morgan fingerprint density at radius 2 is 1.64 bits per heavy atom. The highest BCUT2D eigenvalue weighted by molar-refractivity contribution is 6.06. The number of pyridine rings is 1. The second-order valence-electron chi connectivity index (χ2n) is 9.31. The largest absolute Gasteiger partial charge is 0.494 e. The minimum atomic E-state index is -0.117. The van der Waals surface area contributed by atoms with Crippen molar-refractivity contribution in [3.63, 3.8) is 0 Å². The molecule has 0 radical (unpaired) electrons. The van der Waals surface area contributed by atoms with Gasteiger partial charge in [-0.25, -0.2) is 4.98 Å². The number of hydrogen-bond acceptors (Lipinski definition) is 5. The lowest BCUT2D eigenvalue weighted by Crippen LogP contribution is -2.37. The van der Waals surface area contributed by atoms with E-state index in [-0.39, 0.29) is 11.9 Å². The summed E-state index contributed by atoms with van der Waals surface area (Å²) in [5, 5.41) is 1.13. The average Bonchev–Trinajstić information content (AvgIpc) is 2.92. The molecule has 1 saturated heterocycles. The first kappa shape index (κ1) is 23.9. The first-order valence-electron chi connectivity index (χ1n) is 12.6. The molecule has 0 unspecified atom stereocenters. The highest BCUT2D eigenvalue weighted by Gasteiger charge is 2.29. The number of carbonyl (C=O) groups excluding carboxylic acids is 1. The Morgan fingerprint density at radius 1 is 0.944 bits per heavy atom. The van der Waals surface area contributed by atoms with Crippen molar-refractivity contribution in [2.24, 2.45) is 5.92 Å². The second kappa shape index (κ2) is 10.4. The molecule has 0 saturated carbocycles. The molecule has 1 fully saturated rings. The fourth-order valence-corrected chi connectivity index (χ4v) is 5.15. The van der Waals surface area contributed by atoms with Crippen molar-refractivity contribution in [2.45, 2.75) is 26.7 Å². The van der Waals surface area contributed by atoms with Crippen LogP contribution < -0.4 is 9.64 Å². The zero-order valence-corrected chi connectivity index (χ0v) is 21.2. The SMILES string of the molecule is CCOc1ccc(-c2c(N3CCC(C(=O)OC)CC3)nc3cc(C)ccc3c2-c2ccccc2)cc1. The fraction of sp³-hybridized carbons (Fsp3) is 0.290. The Balaban J connectivity index is 1.72. The molecule has 5 heteroatoms. The standard InChI is InChI=1S/C31H32N2O3/c1-4-36-25-13-11-23(12-14-25)29-28(22-8-6-5-7-9-22)26-15-10-21(2)20-27(26)32-30(29)33-18-16-24(17-19-33)31(34)35-3/h5-15,20,24H,4,16-19H2,1-3H3. The van der Waals surface area contributed by atoms with Crippen molar-refractivity contribution in [1.82, 2.24) is 4.98 Å². The van der Waals surface area contributed by atoms with E-state index in [2.05, 4.69) is 66.4 Å². The minimum absolute atomic E-state index is 0.0588. The number of aryl methyl sites for hydroxylation is 1. The molecule has 184 valence electrons. The lowest BCUT2D eigenvalue weighted by molar-refractivity contribution is -0.146. The van der Waals surface area contributed by atoms with E-state index >= 15 is 0 Å². The van der Waals surface area contributed by atoms with E-state index in [0.29, 0.717) is 6.61 Å². The van der Waals surface area contributed by atoms with Gasteiger partial charge in [-0.1, -0.05) is 54.6 Å². The van der Waals surface area contributed by atoms with Crippen LogP contribution in [0.3, 0.4) is 0 Å². The molecule has 2 heterocycles. The first-order valence-corrected chi connectivity index (χ1v) is 12.6. The molecule has 1 aliphatic heterocycles. The predicted molar refractivity (Wildman–Crippen MR) is 145 cm³/mol. The van der Waals surface area contributed by atoms with Gasteiger partial charge < -0.3 is 14.4 Å². The maximum Gasteiger partial charge on any atom is 0.308 e. The molecular weight excluding hydrogens is 448 g/mol. The lowest BCUT2D eigenvalue weighted by Gasteiger charge is -2.34. The van der Waals surface area contributed by atoms with Gasteiger partial charge in [-0.3, -0.25) is 4.79 Å². The smallest absolute Gasteiger partial charge is 0.308 e. The number of esters is 1. The molecule has 0 bridgehead atoms. The van der Waals surface area contributed by atoms with E-state index in [1.807, 2.05) is 25.1 Å². The molecule has 36 heavy (non-hydrogen) atoms. The van der Waals surface area contributed by atoms with Crippen molar-refractivity contribution in [1.29, 1.82) is 0 Å². The summed E-state index contributed by atoms with van der Waals surface area (Å²) in [6, 6.07) is 25.4. The quantitative estimate of drug-likeness (QED) is 0.289. The lowest BCUT2D eigenvalue weighted by atomic mass is 9.90. The van der Waals surface area contributed by atoms with Gasteiger partial charge in [0.2, 0.25) is 0 Å². The van der Waals surface area contributed by atoms with Crippen LogP contribution in [0.5, 0.6) is 5.75 Å². The number of benzene rings is 3. The molecule has 0 amide bonds. The van der Waals surface area contributed by atoms with E-state index in [1.54, 1.807) is 0 Å². The maximum atomic E-state index is 12.2. The highest BCUT2D eigenvalue weighted by atomic mass is 16.5. The molecule has 3 aromatic carbocycles. The van der Waals surface area contributed by atoms with E-state index in [9.17, 15) is 4.79 Å². The molecule has 1 aromatic heterocycles. The minimum Gasteiger partial charge on any atom is -0.494 e. The van der Waals surface area contributed by atoms with Crippen LogP contribution in [0.4, 0.5) is 5.82 Å². The summed E-state index contributed by atoms with van der Waals surface area (Å²) in [7, 11) is 1.47. The number of anilines is 1. The summed E-state index contributed by atoms with van der Waals surface area (Å²) >= 11 is 0. The molecule has 1 aliphatic rings. The van der Waals surface area contributed by atoms with Gasteiger partial charge in [0.15, 0.2) is 0 Å². The van der Waals surface area contributed by atoms with Crippen molar-refractivity contribution in [3.05, 3.63) is 78.4 Å². The normalized spacial score (nSPS) is 14.1. The number of hydrogen-bond donors (Lipinski definition) is 0. The van der Waals surface area contributed by atoms with E-state index in [4.69, 9.17) is 14.5 Å². The van der Waals surface area contributed by atoms with Gasteiger partial charge in [-0.2, -0.15) is 0 Å².